The molecule has 0 aliphatic carbocycles. The van der Waals surface area contributed by atoms with Crippen molar-refractivity contribution >= 4 is 133 Å². The van der Waals surface area contributed by atoms with E-state index in [0.717, 1.165) is 125 Å². The molecule has 4 N–H and O–H groups in total. The minimum Gasteiger partial charge on any atom is -0.465 e. The van der Waals surface area contributed by atoms with Gasteiger partial charge in [-0.25, -0.2) is 19.2 Å². The molecular formula is C82H114N4O48Si. The van der Waals surface area contributed by atoms with Crippen LogP contribution >= 0.6 is 0 Å². The Bertz CT molecular complexity index is 4480. The van der Waals surface area contributed by atoms with Gasteiger partial charge in [-0.1, -0.05) is 19.6 Å². The minimum atomic E-state index is -3.26. The molecule has 0 aromatic rings. The van der Waals surface area contributed by atoms with E-state index in [1.165, 1.54) is 0 Å². The fraction of sp³-hybridized carbons (Fsp3) is 0.744. The normalized spacial score (nSPS) is 32.6. The SMILES string of the molecule is COC(=O)[C@@]1(O[C@H]2[C@@H](OC(C)=O)[C@@H](COC(C)=O)O[C@@H](OCC[Si](C)(C)C)[C@@H]2OC(C)=O)C[C@H](OC(C)=O)[C@@H](NC(C)=O)[C@H]([C@H](OC(C)=O)[C@H]2COC(=O)[C@]3(C[C@H](OC(C)=O)[C@@H](NC(C)=O)[C@H]([C@H](OC(C)=O)[C@H]4COC(=O)[C@]5(C[C@H](OC(C)=O)[C@@H](NC(C)=O)[C@H]([C@H](OC(C)=O)[C@H]6COC(=O)[C@]7(C[C@H](OC(C)=O)[C@@H](NC(C)=O)[C@H]([C@H](OC(C)=O)[C@@H](COC(C)=O)OC(C)=O)O7)O6)O5)O4)O3)O2)O1. The lowest BCUT2D eigenvalue weighted by Crippen LogP contribution is -2.75. The fourth-order valence-electron chi connectivity index (χ4n) is 16.7. The van der Waals surface area contributed by atoms with Crippen molar-refractivity contribution in [1.82, 2.24) is 21.3 Å². The molecule has 4 amide bonds. The molecule has 0 aromatic heterocycles. The van der Waals surface area contributed by atoms with E-state index in [0.29, 0.717) is 6.04 Å². The highest BCUT2D eigenvalue weighted by atomic mass is 28.3. The summed E-state index contributed by atoms with van der Waals surface area (Å²) in [7, 11) is -1.20. The molecular weight excluding hydrogens is 1840 g/mol. The van der Waals surface area contributed by atoms with Crippen molar-refractivity contribution in [2.45, 2.75) is 345 Å². The van der Waals surface area contributed by atoms with Gasteiger partial charge in [0.05, 0.1) is 57.0 Å². The van der Waals surface area contributed by atoms with Gasteiger partial charge in [-0.3, -0.25) is 81.5 Å². The summed E-state index contributed by atoms with van der Waals surface area (Å²) in [6, 6.07) is -7.20. The van der Waals surface area contributed by atoms with Gasteiger partial charge in [0.1, 0.15) is 112 Å². The Hall–Kier alpha value is -11.3. The number of ether oxygens (including phenoxy) is 27. The van der Waals surface area contributed by atoms with Crippen LogP contribution in [-0.4, -0.2) is 356 Å². The first-order chi connectivity index (χ1) is 62.9. The Labute approximate surface area is 771 Å². The second-order valence-electron chi connectivity index (χ2n) is 33.9. The quantitative estimate of drug-likeness (QED) is 0.0280. The van der Waals surface area contributed by atoms with Crippen LogP contribution in [0.3, 0.4) is 0 Å². The first-order valence-corrected chi connectivity index (χ1v) is 46.2. The largest absolute Gasteiger partial charge is 0.465 e. The molecule has 8 aliphatic rings. The van der Waals surface area contributed by atoms with Crippen molar-refractivity contribution < 1.29 is 229 Å². The van der Waals surface area contributed by atoms with Crippen LogP contribution in [0.15, 0.2) is 0 Å². The summed E-state index contributed by atoms with van der Waals surface area (Å²) in [5, 5.41) is 10.1. The van der Waals surface area contributed by atoms with Gasteiger partial charge in [0.15, 0.2) is 49.0 Å². The van der Waals surface area contributed by atoms with Crippen LogP contribution in [0, 0.1) is 0 Å². The van der Waals surface area contributed by atoms with Gasteiger partial charge < -0.3 is 149 Å². The minimum absolute atomic E-state index is 0.112. The van der Waals surface area contributed by atoms with E-state index in [4.69, 9.17) is 128 Å². The van der Waals surface area contributed by atoms with Gasteiger partial charge in [-0.15, -0.1) is 0 Å². The van der Waals surface area contributed by atoms with E-state index < -0.39 is 368 Å². The molecule has 8 heterocycles. The smallest absolute Gasteiger partial charge is 0.367 e. The first kappa shape index (κ1) is 109. The highest BCUT2D eigenvalue weighted by molar-refractivity contribution is 6.76. The zero-order chi connectivity index (χ0) is 101. The van der Waals surface area contributed by atoms with Crippen LogP contribution in [0.4, 0.5) is 0 Å². The van der Waals surface area contributed by atoms with Crippen LogP contribution in [0.1, 0.15) is 143 Å². The molecule has 53 heteroatoms. The maximum absolute atomic E-state index is 15.4. The number of methoxy groups -OCH3 is 1. The molecule has 8 fully saturated rings. The number of hydrogen-bond acceptors (Lipinski definition) is 48. The van der Waals surface area contributed by atoms with Gasteiger partial charge in [0, 0.05) is 132 Å². The van der Waals surface area contributed by atoms with Crippen LogP contribution < -0.4 is 21.3 Å². The van der Waals surface area contributed by atoms with Crippen molar-refractivity contribution in [1.29, 1.82) is 0 Å². The third kappa shape index (κ3) is 28.4. The van der Waals surface area contributed by atoms with Crippen molar-refractivity contribution in [2.24, 2.45) is 0 Å². The summed E-state index contributed by atoms with van der Waals surface area (Å²) < 4.78 is 164. The van der Waals surface area contributed by atoms with Gasteiger partial charge >= 0.3 is 101 Å². The molecule has 135 heavy (non-hydrogen) atoms. The number of hydrogen-bond donors (Lipinski definition) is 4. The van der Waals surface area contributed by atoms with E-state index in [2.05, 4.69) is 21.3 Å². The highest BCUT2D eigenvalue weighted by Gasteiger charge is 2.71. The highest BCUT2D eigenvalue weighted by Crippen LogP contribution is 2.49. The molecule has 3 spiro atoms. The summed E-state index contributed by atoms with van der Waals surface area (Å²) in [6.45, 7) is 16.2. The summed E-state index contributed by atoms with van der Waals surface area (Å²) in [6.07, 6.45) is -48.8. The number of cyclic esters (lactones) is 3. The molecule has 0 aromatic carbocycles. The summed E-state index contributed by atoms with van der Waals surface area (Å²) in [5.41, 5.74) is 0. The van der Waals surface area contributed by atoms with E-state index in [-0.39, 0.29) is 6.61 Å². The Morgan fingerprint density at radius 1 is 0.378 bits per heavy atom. The predicted octanol–water partition coefficient (Wildman–Crippen LogP) is -3.22. The lowest BCUT2D eigenvalue weighted by atomic mass is 9.85. The topological polar surface area (TPSA) is 656 Å². The Balaban J connectivity index is 1.30. The van der Waals surface area contributed by atoms with Crippen molar-refractivity contribution in [3.63, 3.8) is 0 Å². The third-order valence-corrected chi connectivity index (χ3v) is 23.1. The van der Waals surface area contributed by atoms with Crippen LogP contribution in [0.25, 0.3) is 0 Å². The average Bonchev–Trinajstić information content (AvgIpc) is 0.729. The first-order valence-electron chi connectivity index (χ1n) is 42.5. The second-order valence-corrected chi connectivity index (χ2v) is 39.5. The van der Waals surface area contributed by atoms with E-state index in [1.54, 1.807) is 0 Å². The molecule has 52 nitrogen and oxygen atoms in total. The molecule has 8 aliphatic heterocycles. The molecule has 8 saturated heterocycles. The lowest BCUT2D eigenvalue weighted by molar-refractivity contribution is -0.384. The molecule has 29 atom stereocenters. The molecule has 754 valence electrons. The number of nitrogens with one attached hydrogen (secondary N) is 4. The standard InChI is InChI=1S/C82H114N4O48Si/c1-33(87)83-59-51(116-40(8)94)25-80(131-68(59)63(120-44(12)98)54(119-43(11)97)28-110-37(5)91)76(105)112-31-57(127-80)66(123-47(15)101)70-61(85-35(3)89)53(118-42(10)96)27-82(133-70)78(107)114-32-58(129-82)67(124-48(16)102)71-62(86-36(4)90)52(117-41(9)95)26-81(132-71)77(106)113-30-56(128-81)65(122-46(14)100)69-60(84-34(2)88)50(115-39(7)93)24-79(130-69,75(104)108-18)134-72-64(121-45(13)99)55(29-111-38(6)92)126-74(73(72)125-49(17)103)109-22-23-135(19,20)21/h50-74H,22-32H2,1-21H3,(H,83,87)(H,84,88)(H,85,89)(H,86,90)/t50-,51-,52-,53-,54+,55+,56+,57+,58+,59+,60+,61+,62+,63+,64-,65+,66+,67+,68+,69+,70+,71+,72-,73+,74+,79-,80+,81+,82+/m0/s1. The molecule has 0 bridgehead atoms. The van der Waals surface area contributed by atoms with Gasteiger partial charge in [0.25, 0.3) is 23.1 Å². The summed E-state index contributed by atoms with van der Waals surface area (Å²) in [4.78, 5) is 289. The Kier molecular flexibility index (Phi) is 37.2. The molecule has 0 saturated carbocycles. The molecule has 0 radical (unpaired) electrons. The number of esters is 17. The number of carbonyl (C=O) groups is 21. The summed E-state index contributed by atoms with van der Waals surface area (Å²) in [5.74, 6) is -37.9. The summed E-state index contributed by atoms with van der Waals surface area (Å²) >= 11 is 0. The monoisotopic (exact) mass is 1950 g/mol. The number of rotatable bonds is 34. The molecule has 0 unspecified atom stereocenters. The number of carbonyl (C=O) groups excluding carboxylic acids is 21. The van der Waals surface area contributed by atoms with Gasteiger partial charge in [-0.2, -0.15) is 0 Å². The Morgan fingerprint density at radius 3 is 1.04 bits per heavy atom. The second kappa shape index (κ2) is 46.0. The predicted molar refractivity (Wildman–Crippen MR) is 431 cm³/mol. The average molecular weight is 1950 g/mol. The third-order valence-electron chi connectivity index (χ3n) is 21.4. The van der Waals surface area contributed by atoms with Crippen LogP contribution in [0.2, 0.25) is 25.7 Å². The maximum atomic E-state index is 15.4. The van der Waals surface area contributed by atoms with Crippen LogP contribution in [0.5, 0.6) is 0 Å². The zero-order valence-electron chi connectivity index (χ0n) is 77.8. The van der Waals surface area contributed by atoms with E-state index in [1.807, 2.05) is 19.6 Å². The number of amides is 4. The fourth-order valence-corrected chi connectivity index (χ4v) is 17.5. The van der Waals surface area contributed by atoms with Crippen molar-refractivity contribution in [3.8, 4) is 0 Å². The zero-order valence-corrected chi connectivity index (χ0v) is 78.8. The van der Waals surface area contributed by atoms with Gasteiger partial charge in [-0.05, 0) is 6.04 Å². The van der Waals surface area contributed by atoms with Gasteiger partial charge in [0.2, 0.25) is 23.6 Å². The molecule has 8 rings (SSSR count). The van der Waals surface area contributed by atoms with Crippen molar-refractivity contribution in [3.05, 3.63) is 0 Å². The lowest BCUT2D eigenvalue weighted by Gasteiger charge is -2.54. The Morgan fingerprint density at radius 2 is 0.711 bits per heavy atom. The van der Waals surface area contributed by atoms with Crippen molar-refractivity contribution in [2.75, 3.05) is 46.8 Å². The van der Waals surface area contributed by atoms with E-state index in [9.17, 15) is 86.3 Å². The van der Waals surface area contributed by atoms with Crippen LogP contribution in [-0.2, 0) is 229 Å². The van der Waals surface area contributed by atoms with E-state index >= 15 is 14.4 Å². The maximum Gasteiger partial charge on any atom is 0.367 e.